The Balaban J connectivity index is 2.84. The summed E-state index contributed by atoms with van der Waals surface area (Å²) in [5, 5.41) is 1.04. The van der Waals surface area contributed by atoms with Crippen LogP contribution >= 0.6 is 11.8 Å². The molecular weight excluding hydrogens is 180 g/mol. The zero-order valence-electron chi connectivity index (χ0n) is 7.32. The SMILES string of the molecule is CSc1ccc(N)c2cccnc12. The number of pyridine rings is 1. The lowest BCUT2D eigenvalue weighted by Crippen LogP contribution is -1.89. The third kappa shape index (κ3) is 1.35. The third-order valence-corrected chi connectivity index (χ3v) is 2.76. The summed E-state index contributed by atoms with van der Waals surface area (Å²) < 4.78 is 0. The molecule has 0 fully saturated rings. The van der Waals surface area contributed by atoms with Gasteiger partial charge in [0.1, 0.15) is 0 Å². The first-order valence-electron chi connectivity index (χ1n) is 4.00. The second-order valence-electron chi connectivity index (χ2n) is 2.76. The Labute approximate surface area is 81.2 Å². The Kier molecular flexibility index (Phi) is 2.10. The van der Waals surface area contributed by atoms with E-state index >= 15 is 0 Å². The standard InChI is InChI=1S/C10H10N2S/c1-13-9-5-4-8(11)7-3-2-6-12-10(7)9/h2-6H,11H2,1H3. The molecule has 1 aromatic carbocycles. The van der Waals surface area contributed by atoms with Gasteiger partial charge in [-0.15, -0.1) is 11.8 Å². The van der Waals surface area contributed by atoms with Crippen LogP contribution in [0.2, 0.25) is 0 Å². The quantitative estimate of drug-likeness (QED) is 0.554. The largest absolute Gasteiger partial charge is 0.398 e. The van der Waals surface area contributed by atoms with Gasteiger partial charge in [0.05, 0.1) is 5.52 Å². The number of nitrogens with zero attached hydrogens (tertiary/aromatic N) is 1. The van der Waals surface area contributed by atoms with Gasteiger partial charge in [-0.3, -0.25) is 4.98 Å². The van der Waals surface area contributed by atoms with E-state index in [0.717, 1.165) is 16.6 Å². The number of hydrogen-bond acceptors (Lipinski definition) is 3. The van der Waals surface area contributed by atoms with Gasteiger partial charge in [0.2, 0.25) is 0 Å². The average Bonchev–Trinajstić information content (AvgIpc) is 2.19. The molecule has 66 valence electrons. The van der Waals surface area contributed by atoms with Crippen molar-refractivity contribution in [3.05, 3.63) is 30.5 Å². The van der Waals surface area contributed by atoms with Gasteiger partial charge in [-0.25, -0.2) is 0 Å². The molecule has 0 aliphatic heterocycles. The first kappa shape index (κ1) is 8.38. The highest BCUT2D eigenvalue weighted by Crippen LogP contribution is 2.27. The molecule has 1 heterocycles. The second-order valence-corrected chi connectivity index (χ2v) is 3.60. The predicted octanol–water partition coefficient (Wildman–Crippen LogP) is 2.54. The highest BCUT2D eigenvalue weighted by atomic mass is 32.2. The van der Waals surface area contributed by atoms with Gasteiger partial charge in [0.25, 0.3) is 0 Å². The van der Waals surface area contributed by atoms with E-state index in [2.05, 4.69) is 4.98 Å². The lowest BCUT2D eigenvalue weighted by molar-refractivity contribution is 1.35. The van der Waals surface area contributed by atoms with Gasteiger partial charge in [-0.1, -0.05) is 0 Å². The molecular formula is C10H10N2S. The van der Waals surface area contributed by atoms with E-state index in [4.69, 9.17) is 5.73 Å². The molecule has 2 rings (SSSR count). The number of nitrogen functional groups attached to an aromatic ring is 1. The number of thioether (sulfide) groups is 1. The van der Waals surface area contributed by atoms with Gasteiger partial charge in [0.15, 0.2) is 0 Å². The first-order chi connectivity index (χ1) is 6.33. The number of rotatable bonds is 1. The Bertz CT molecular complexity index is 440. The minimum absolute atomic E-state index is 0.793. The van der Waals surface area contributed by atoms with Crippen LogP contribution in [0.25, 0.3) is 10.9 Å². The maximum absolute atomic E-state index is 5.83. The van der Waals surface area contributed by atoms with Crippen molar-refractivity contribution in [2.24, 2.45) is 0 Å². The molecule has 1 aromatic heterocycles. The summed E-state index contributed by atoms with van der Waals surface area (Å²) in [6, 6.07) is 7.84. The van der Waals surface area contributed by atoms with E-state index in [-0.39, 0.29) is 0 Å². The molecule has 0 saturated heterocycles. The van der Waals surface area contributed by atoms with Gasteiger partial charge in [0, 0.05) is 22.2 Å². The average molecular weight is 190 g/mol. The molecule has 0 unspecified atom stereocenters. The molecule has 13 heavy (non-hydrogen) atoms. The molecule has 3 heteroatoms. The Morgan fingerprint density at radius 1 is 1.31 bits per heavy atom. The van der Waals surface area contributed by atoms with Crippen LogP contribution in [0.5, 0.6) is 0 Å². The van der Waals surface area contributed by atoms with E-state index in [1.807, 2.05) is 30.5 Å². The number of aromatic nitrogens is 1. The van der Waals surface area contributed by atoms with Crippen LogP contribution in [0, 0.1) is 0 Å². The van der Waals surface area contributed by atoms with Crippen molar-refractivity contribution >= 4 is 28.4 Å². The van der Waals surface area contributed by atoms with Crippen molar-refractivity contribution in [3.8, 4) is 0 Å². The summed E-state index contributed by atoms with van der Waals surface area (Å²) in [7, 11) is 0. The predicted molar refractivity (Wildman–Crippen MR) is 57.9 cm³/mol. The number of benzene rings is 1. The fraction of sp³-hybridized carbons (Fsp3) is 0.100. The van der Waals surface area contributed by atoms with E-state index in [1.54, 1.807) is 18.0 Å². The molecule has 0 bridgehead atoms. The van der Waals surface area contributed by atoms with Crippen LogP contribution in [0.3, 0.4) is 0 Å². The summed E-state index contributed by atoms with van der Waals surface area (Å²) in [5.41, 5.74) is 7.62. The molecule has 2 aromatic rings. The summed E-state index contributed by atoms with van der Waals surface area (Å²) in [4.78, 5) is 5.48. The van der Waals surface area contributed by atoms with Crippen LogP contribution in [-0.2, 0) is 0 Å². The highest BCUT2D eigenvalue weighted by molar-refractivity contribution is 7.98. The Morgan fingerprint density at radius 3 is 2.92 bits per heavy atom. The second kappa shape index (κ2) is 3.26. The maximum Gasteiger partial charge on any atom is 0.0858 e. The molecule has 0 atom stereocenters. The van der Waals surface area contributed by atoms with Crippen molar-refractivity contribution in [2.75, 3.05) is 12.0 Å². The fourth-order valence-electron chi connectivity index (χ4n) is 1.33. The lowest BCUT2D eigenvalue weighted by atomic mass is 10.2. The van der Waals surface area contributed by atoms with E-state index in [9.17, 15) is 0 Å². The molecule has 2 nitrogen and oxygen atoms in total. The van der Waals surface area contributed by atoms with Crippen LogP contribution in [0.4, 0.5) is 5.69 Å². The summed E-state index contributed by atoms with van der Waals surface area (Å²) in [6.07, 6.45) is 3.83. The van der Waals surface area contributed by atoms with Crippen molar-refractivity contribution in [1.82, 2.24) is 4.98 Å². The fourth-order valence-corrected chi connectivity index (χ4v) is 1.89. The molecule has 0 saturated carbocycles. The van der Waals surface area contributed by atoms with Gasteiger partial charge < -0.3 is 5.73 Å². The summed E-state index contributed by atoms with van der Waals surface area (Å²) in [5.74, 6) is 0. The van der Waals surface area contributed by atoms with Crippen molar-refractivity contribution < 1.29 is 0 Å². The number of anilines is 1. The molecule has 0 spiro atoms. The smallest absolute Gasteiger partial charge is 0.0858 e. The summed E-state index contributed by atoms with van der Waals surface area (Å²) >= 11 is 1.69. The number of nitrogens with two attached hydrogens (primary N) is 1. The van der Waals surface area contributed by atoms with Crippen LogP contribution in [0.15, 0.2) is 35.4 Å². The Hall–Kier alpha value is -1.22. The molecule has 0 radical (unpaired) electrons. The van der Waals surface area contributed by atoms with Crippen molar-refractivity contribution in [2.45, 2.75) is 4.90 Å². The molecule has 0 aliphatic carbocycles. The third-order valence-electron chi connectivity index (χ3n) is 1.99. The van der Waals surface area contributed by atoms with Crippen LogP contribution in [0.1, 0.15) is 0 Å². The van der Waals surface area contributed by atoms with Gasteiger partial charge >= 0.3 is 0 Å². The minimum atomic E-state index is 0.793. The molecule has 2 N–H and O–H groups in total. The zero-order chi connectivity index (χ0) is 9.26. The number of hydrogen-bond donors (Lipinski definition) is 1. The lowest BCUT2D eigenvalue weighted by Gasteiger charge is -2.04. The van der Waals surface area contributed by atoms with Crippen molar-refractivity contribution in [3.63, 3.8) is 0 Å². The van der Waals surface area contributed by atoms with E-state index in [1.165, 1.54) is 4.90 Å². The number of fused-ring (bicyclic) bond motifs is 1. The highest BCUT2D eigenvalue weighted by Gasteiger charge is 2.02. The topological polar surface area (TPSA) is 38.9 Å². The monoisotopic (exact) mass is 190 g/mol. The molecule has 0 amide bonds. The normalized spacial score (nSPS) is 10.5. The maximum atomic E-state index is 5.83. The minimum Gasteiger partial charge on any atom is -0.398 e. The molecule has 0 aliphatic rings. The van der Waals surface area contributed by atoms with Crippen LogP contribution < -0.4 is 5.73 Å². The summed E-state index contributed by atoms with van der Waals surface area (Å²) in [6.45, 7) is 0. The van der Waals surface area contributed by atoms with Crippen LogP contribution in [-0.4, -0.2) is 11.2 Å². The van der Waals surface area contributed by atoms with E-state index in [0.29, 0.717) is 0 Å². The first-order valence-corrected chi connectivity index (χ1v) is 5.22. The zero-order valence-corrected chi connectivity index (χ0v) is 8.14. The van der Waals surface area contributed by atoms with Gasteiger partial charge in [-0.2, -0.15) is 0 Å². The Morgan fingerprint density at radius 2 is 2.15 bits per heavy atom. The van der Waals surface area contributed by atoms with E-state index < -0.39 is 0 Å². The van der Waals surface area contributed by atoms with Crippen molar-refractivity contribution in [1.29, 1.82) is 0 Å². The van der Waals surface area contributed by atoms with Gasteiger partial charge in [-0.05, 0) is 30.5 Å².